The summed E-state index contributed by atoms with van der Waals surface area (Å²) in [4.78, 5) is 0. The molecule has 0 heterocycles. The predicted octanol–water partition coefficient (Wildman–Crippen LogP) is 2.11. The van der Waals surface area contributed by atoms with E-state index < -0.39 is 21.3 Å². The molecule has 2 aliphatic carbocycles. The van der Waals surface area contributed by atoms with Crippen molar-refractivity contribution in [2.75, 3.05) is 0 Å². The summed E-state index contributed by atoms with van der Waals surface area (Å²) in [5.74, 6) is 0. The maximum Gasteiger partial charge on any atom is -1.00 e. The number of hydrogen-bond acceptors (Lipinski definition) is 0. The van der Waals surface area contributed by atoms with Crippen LogP contribution >= 0.6 is 31.9 Å². The largest absolute Gasteiger partial charge is 1.00 e. The van der Waals surface area contributed by atoms with Gasteiger partial charge in [0.05, 0.1) is 0 Å². The van der Waals surface area contributed by atoms with Gasteiger partial charge in [0.2, 0.25) is 0 Å². The minimum absolute atomic E-state index is 0. The van der Waals surface area contributed by atoms with Crippen molar-refractivity contribution in [3.05, 3.63) is 116 Å². The minimum atomic E-state index is -2.32. The van der Waals surface area contributed by atoms with Crippen LogP contribution in [0.3, 0.4) is 0 Å². The summed E-state index contributed by atoms with van der Waals surface area (Å²) in [5.41, 5.74) is 11.5. The summed E-state index contributed by atoms with van der Waals surface area (Å²) in [5, 5.41) is 0. The van der Waals surface area contributed by atoms with Crippen LogP contribution in [0.15, 0.2) is 93.9 Å². The van der Waals surface area contributed by atoms with Gasteiger partial charge in [-0.25, -0.2) is 0 Å². The number of hydrogen-bond donors (Lipinski definition) is 0. The molecule has 4 aromatic rings. The molecular formula is C27H18Br2Cl2Zr. The Labute approximate surface area is 225 Å². The van der Waals surface area contributed by atoms with Crippen LogP contribution < -0.4 is 24.8 Å². The van der Waals surface area contributed by atoms with Crippen molar-refractivity contribution in [1.82, 2.24) is 0 Å². The maximum absolute atomic E-state index is 5.02. The molecule has 6 rings (SSSR count). The Balaban J connectivity index is 0.00000122. The molecule has 5 heteroatoms. The Hall–Kier alpha value is -0.827. The van der Waals surface area contributed by atoms with Gasteiger partial charge in [-0.1, -0.05) is 0 Å². The fraction of sp³-hybridized carbons (Fsp3) is 0.0741. The summed E-state index contributed by atoms with van der Waals surface area (Å²) >= 11 is 5.13. The first-order valence-electron chi connectivity index (χ1n) is 10.1. The Bertz CT molecular complexity index is 1260. The van der Waals surface area contributed by atoms with Crippen LogP contribution in [0.2, 0.25) is 0 Å². The summed E-state index contributed by atoms with van der Waals surface area (Å²) in [6.45, 7) is 0. The molecule has 0 N–H and O–H groups in total. The first kappa shape index (κ1) is 24.3. The molecular weight excluding hydrogens is 646 g/mol. The number of halogens is 4. The van der Waals surface area contributed by atoms with Crippen LogP contribution in [-0.4, -0.2) is 4.21 Å². The van der Waals surface area contributed by atoms with Crippen LogP contribution in [0.4, 0.5) is 0 Å². The average Bonchev–Trinajstić information content (AvgIpc) is 3.25. The third-order valence-electron chi connectivity index (χ3n) is 6.51. The van der Waals surface area contributed by atoms with Crippen molar-refractivity contribution < 1.29 is 46.1 Å². The van der Waals surface area contributed by atoms with E-state index in [0.29, 0.717) is 7.25 Å². The standard InChI is InChI=1S/2C13H8Br.CH2.2ClH.Zr/c2*14-11-5-6-13-10(8-11)7-9-3-1-2-4-12(9)13;;;;/h2*1-8H;1H2;2*1H;/q;;;;;+2/p-2. The van der Waals surface area contributed by atoms with Crippen LogP contribution in [0.5, 0.6) is 0 Å². The zero-order valence-electron chi connectivity index (χ0n) is 17.0. The number of fused-ring (bicyclic) bond motifs is 6. The molecule has 0 aromatic heterocycles. The Kier molecular flexibility index (Phi) is 7.16. The Morgan fingerprint density at radius 1 is 0.531 bits per heavy atom. The molecule has 4 aromatic carbocycles. The molecule has 0 saturated heterocycles. The summed E-state index contributed by atoms with van der Waals surface area (Å²) < 4.78 is 8.25. The monoisotopic (exact) mass is 660 g/mol. The molecule has 2 unspecified atom stereocenters. The smallest absolute Gasteiger partial charge is 1.00 e. The van der Waals surface area contributed by atoms with Gasteiger partial charge in [0, 0.05) is 0 Å². The van der Waals surface area contributed by atoms with Crippen molar-refractivity contribution in [2.24, 2.45) is 0 Å². The van der Waals surface area contributed by atoms with E-state index in [9.17, 15) is 0 Å². The van der Waals surface area contributed by atoms with Crippen LogP contribution in [-0.2, 0) is 21.3 Å². The van der Waals surface area contributed by atoms with Gasteiger partial charge in [-0.15, -0.1) is 0 Å². The fourth-order valence-electron chi connectivity index (χ4n) is 5.32. The van der Waals surface area contributed by atoms with E-state index in [4.69, 9.17) is 4.21 Å². The SMILES string of the molecule is [CH2]=[Zr+2]([CH]1c2ccccc2-c2ccc(Br)cc21)[CH]1c2ccccc2-c2ccc(Br)cc21.[Cl-].[Cl-]. The van der Waals surface area contributed by atoms with Gasteiger partial charge in [-0.2, -0.15) is 0 Å². The third kappa shape index (κ3) is 3.69. The van der Waals surface area contributed by atoms with Gasteiger partial charge in [0.25, 0.3) is 0 Å². The van der Waals surface area contributed by atoms with Crippen molar-refractivity contribution in [3.8, 4) is 22.3 Å². The second-order valence-electron chi connectivity index (χ2n) is 8.08. The molecule has 0 fully saturated rings. The zero-order chi connectivity index (χ0) is 20.4. The number of rotatable bonds is 2. The van der Waals surface area contributed by atoms with Crippen LogP contribution in [0.1, 0.15) is 29.5 Å². The normalized spacial score (nSPS) is 16.4. The van der Waals surface area contributed by atoms with E-state index in [-0.39, 0.29) is 24.8 Å². The minimum Gasteiger partial charge on any atom is -1.00 e. The molecule has 0 nitrogen and oxygen atoms in total. The second-order valence-corrected chi connectivity index (χ2v) is 15.6. The van der Waals surface area contributed by atoms with E-state index >= 15 is 0 Å². The van der Waals surface area contributed by atoms with Gasteiger partial charge in [-0.3, -0.25) is 0 Å². The van der Waals surface area contributed by atoms with Crippen molar-refractivity contribution in [2.45, 2.75) is 7.25 Å². The molecule has 0 amide bonds. The molecule has 2 aliphatic rings. The summed E-state index contributed by atoms with van der Waals surface area (Å²) in [7, 11) is 0. The van der Waals surface area contributed by atoms with E-state index in [2.05, 4.69) is 117 Å². The molecule has 0 spiro atoms. The molecule has 0 radical (unpaired) electrons. The maximum atomic E-state index is 5.02. The topological polar surface area (TPSA) is 0 Å². The quantitative estimate of drug-likeness (QED) is 0.309. The molecule has 0 bridgehead atoms. The molecule has 0 saturated carbocycles. The van der Waals surface area contributed by atoms with E-state index in [1.165, 1.54) is 44.5 Å². The Morgan fingerprint density at radius 2 is 0.906 bits per heavy atom. The third-order valence-corrected chi connectivity index (χ3v) is 14.2. The van der Waals surface area contributed by atoms with Gasteiger partial charge in [0.15, 0.2) is 0 Å². The van der Waals surface area contributed by atoms with Crippen molar-refractivity contribution >= 4 is 36.1 Å². The van der Waals surface area contributed by atoms with Gasteiger partial charge < -0.3 is 24.8 Å². The van der Waals surface area contributed by atoms with E-state index in [1.54, 1.807) is 0 Å². The average molecular weight is 664 g/mol. The van der Waals surface area contributed by atoms with E-state index in [1.807, 2.05) is 0 Å². The summed E-state index contributed by atoms with van der Waals surface area (Å²) in [6.07, 6.45) is 0. The van der Waals surface area contributed by atoms with Gasteiger partial charge in [-0.05, 0) is 0 Å². The summed E-state index contributed by atoms with van der Waals surface area (Å²) in [6, 6.07) is 31.5. The molecule has 0 aliphatic heterocycles. The van der Waals surface area contributed by atoms with Crippen LogP contribution in [0.25, 0.3) is 22.3 Å². The molecule has 2 atom stereocenters. The predicted molar refractivity (Wildman–Crippen MR) is 130 cm³/mol. The first-order valence-corrected chi connectivity index (χ1v) is 16.3. The van der Waals surface area contributed by atoms with Gasteiger partial charge in [0.1, 0.15) is 0 Å². The molecule has 158 valence electrons. The van der Waals surface area contributed by atoms with E-state index in [0.717, 1.165) is 8.95 Å². The zero-order valence-corrected chi connectivity index (χ0v) is 24.1. The molecule has 32 heavy (non-hydrogen) atoms. The Morgan fingerprint density at radius 3 is 1.34 bits per heavy atom. The second kappa shape index (κ2) is 9.43. The van der Waals surface area contributed by atoms with Gasteiger partial charge >= 0.3 is 203 Å². The van der Waals surface area contributed by atoms with Crippen molar-refractivity contribution in [3.63, 3.8) is 0 Å². The number of benzene rings is 4. The first-order chi connectivity index (χ1) is 14.6. The fourth-order valence-corrected chi connectivity index (χ4v) is 13.2. The van der Waals surface area contributed by atoms with Crippen LogP contribution in [0, 0.1) is 0 Å². The van der Waals surface area contributed by atoms with Crippen molar-refractivity contribution in [1.29, 1.82) is 0 Å².